The molecular weight excluding hydrogens is 347 g/mol. The third kappa shape index (κ3) is 3.57. The largest absolute Gasteiger partial charge is 0.458 e. The Kier molecular flexibility index (Phi) is 5.40. The van der Waals surface area contributed by atoms with Crippen molar-refractivity contribution in [2.24, 2.45) is 11.8 Å². The van der Waals surface area contributed by atoms with Crippen molar-refractivity contribution in [3.63, 3.8) is 0 Å². The fraction of sp³-hybridized carbons (Fsp3) is 0.611. The first kappa shape index (κ1) is 18.0. The summed E-state index contributed by atoms with van der Waals surface area (Å²) < 4.78 is 5.97. The van der Waals surface area contributed by atoms with Crippen LogP contribution in [0.1, 0.15) is 23.2 Å². The number of piperidine rings is 1. The highest BCUT2D eigenvalue weighted by Crippen LogP contribution is 2.39. The van der Waals surface area contributed by atoms with E-state index in [-0.39, 0.29) is 12.1 Å². The summed E-state index contributed by atoms with van der Waals surface area (Å²) in [7, 11) is 6.37. The van der Waals surface area contributed by atoms with Gasteiger partial charge < -0.3 is 14.5 Å². The lowest BCUT2D eigenvalue weighted by atomic mass is 9.72. The number of hydrogen-bond acceptors (Lipinski definition) is 4. The van der Waals surface area contributed by atoms with Gasteiger partial charge in [-0.25, -0.2) is 4.79 Å². The number of esters is 1. The molecule has 2 unspecified atom stereocenters. The molecule has 1 aliphatic heterocycles. The second-order valence-corrected chi connectivity index (χ2v) is 8.07. The summed E-state index contributed by atoms with van der Waals surface area (Å²) in [5, 5.41) is 0.818. The topological polar surface area (TPSA) is 32.8 Å². The minimum atomic E-state index is -0.308. The SMILES string of the molecule is CN1CC2CC[C@@H](N(C)C)C(C1)[C@@H]2OC(=O)c1ccc(Cl)c(Cl)c1. The quantitative estimate of drug-likeness (QED) is 0.763. The maximum Gasteiger partial charge on any atom is 0.338 e. The van der Waals surface area contributed by atoms with Crippen molar-refractivity contribution in [3.8, 4) is 0 Å². The molecule has 1 aliphatic carbocycles. The molecule has 0 radical (unpaired) electrons. The Bertz CT molecular complexity index is 623. The van der Waals surface area contributed by atoms with Gasteiger partial charge in [0.1, 0.15) is 6.10 Å². The predicted molar refractivity (Wildman–Crippen MR) is 96.9 cm³/mol. The summed E-state index contributed by atoms with van der Waals surface area (Å²) in [6.45, 7) is 1.94. The van der Waals surface area contributed by atoms with Crippen molar-refractivity contribution in [2.75, 3.05) is 34.2 Å². The standard InChI is InChI=1S/C18H24Cl2N2O2/c1-21(2)16-7-5-12-9-22(3)10-13(16)17(12)24-18(23)11-4-6-14(19)15(20)8-11/h4,6,8,12-13,16-17H,5,7,9-10H2,1-3H3/t12?,13?,16-,17-/m1/s1. The molecule has 1 saturated heterocycles. The van der Waals surface area contributed by atoms with E-state index in [0.29, 0.717) is 33.5 Å². The minimum Gasteiger partial charge on any atom is -0.458 e. The van der Waals surface area contributed by atoms with Crippen molar-refractivity contribution >= 4 is 29.2 Å². The second kappa shape index (κ2) is 7.20. The summed E-state index contributed by atoms with van der Waals surface area (Å²) in [6.07, 6.45) is 2.21. The number of carbonyl (C=O) groups excluding carboxylic acids is 1. The average molecular weight is 371 g/mol. The van der Waals surface area contributed by atoms with Gasteiger partial charge in [0.05, 0.1) is 15.6 Å². The van der Waals surface area contributed by atoms with Gasteiger partial charge in [-0.1, -0.05) is 23.2 Å². The molecule has 3 rings (SSSR count). The van der Waals surface area contributed by atoms with Crippen LogP contribution in [0.25, 0.3) is 0 Å². The predicted octanol–water partition coefficient (Wildman–Crippen LogP) is 3.42. The van der Waals surface area contributed by atoms with Crippen LogP contribution in [0.4, 0.5) is 0 Å². The number of hydrogen-bond donors (Lipinski definition) is 0. The molecule has 4 atom stereocenters. The fourth-order valence-corrected chi connectivity index (χ4v) is 4.52. The van der Waals surface area contributed by atoms with Gasteiger partial charge in [0.2, 0.25) is 0 Å². The molecule has 2 bridgehead atoms. The maximum absolute atomic E-state index is 12.6. The first-order valence-electron chi connectivity index (χ1n) is 8.38. The first-order chi connectivity index (χ1) is 11.4. The Hall–Kier alpha value is -0.810. The van der Waals surface area contributed by atoms with Gasteiger partial charge in [-0.15, -0.1) is 0 Å². The van der Waals surface area contributed by atoms with Gasteiger partial charge in [-0.05, 0) is 52.2 Å². The molecule has 0 aromatic heterocycles. The Labute approximate surface area is 153 Å². The number of halogens is 2. The van der Waals surface area contributed by atoms with Gasteiger partial charge in [0.25, 0.3) is 0 Å². The number of nitrogens with zero attached hydrogens (tertiary/aromatic N) is 2. The number of benzene rings is 1. The molecule has 1 heterocycles. The van der Waals surface area contributed by atoms with Crippen molar-refractivity contribution in [2.45, 2.75) is 25.0 Å². The maximum atomic E-state index is 12.6. The van der Waals surface area contributed by atoms with Crippen LogP contribution >= 0.6 is 23.2 Å². The van der Waals surface area contributed by atoms with E-state index in [1.807, 2.05) is 0 Å². The summed E-state index contributed by atoms with van der Waals surface area (Å²) in [4.78, 5) is 17.2. The van der Waals surface area contributed by atoms with Crippen LogP contribution in [0.15, 0.2) is 18.2 Å². The molecule has 24 heavy (non-hydrogen) atoms. The van der Waals surface area contributed by atoms with E-state index in [9.17, 15) is 4.79 Å². The lowest BCUT2D eigenvalue weighted by Gasteiger charge is -2.50. The van der Waals surface area contributed by atoms with Crippen LogP contribution in [0.2, 0.25) is 10.0 Å². The van der Waals surface area contributed by atoms with E-state index in [0.717, 1.165) is 25.9 Å². The molecule has 132 valence electrons. The van der Waals surface area contributed by atoms with Crippen molar-refractivity contribution in [1.29, 1.82) is 0 Å². The number of ether oxygens (including phenoxy) is 1. The number of rotatable bonds is 3. The lowest BCUT2D eigenvalue weighted by Crippen LogP contribution is -2.59. The molecule has 1 saturated carbocycles. The zero-order valence-corrected chi connectivity index (χ0v) is 15.8. The van der Waals surface area contributed by atoms with Crippen molar-refractivity contribution in [3.05, 3.63) is 33.8 Å². The summed E-state index contributed by atoms with van der Waals surface area (Å²) >= 11 is 12.0. The Balaban J connectivity index is 1.79. The third-order valence-corrected chi connectivity index (χ3v) is 6.08. The average Bonchev–Trinajstić information content (AvgIpc) is 2.50. The van der Waals surface area contributed by atoms with Crippen LogP contribution in [0.5, 0.6) is 0 Å². The number of carbonyl (C=O) groups is 1. The summed E-state index contributed by atoms with van der Waals surface area (Å²) in [5.74, 6) is 0.429. The molecule has 1 aromatic rings. The molecular formula is C18H24Cl2N2O2. The fourth-order valence-electron chi connectivity index (χ4n) is 4.23. The molecule has 1 aromatic carbocycles. The van der Waals surface area contributed by atoms with Crippen LogP contribution in [0, 0.1) is 11.8 Å². The zero-order valence-electron chi connectivity index (χ0n) is 14.3. The van der Waals surface area contributed by atoms with Crippen LogP contribution in [0.3, 0.4) is 0 Å². The van der Waals surface area contributed by atoms with Gasteiger partial charge >= 0.3 is 5.97 Å². The molecule has 0 N–H and O–H groups in total. The zero-order chi connectivity index (χ0) is 17.4. The first-order valence-corrected chi connectivity index (χ1v) is 9.13. The minimum absolute atomic E-state index is 0.0377. The van der Waals surface area contributed by atoms with Crippen molar-refractivity contribution < 1.29 is 9.53 Å². The Morgan fingerprint density at radius 1 is 1.21 bits per heavy atom. The normalized spacial score (nSPS) is 30.4. The van der Waals surface area contributed by atoms with Crippen LogP contribution in [-0.2, 0) is 4.74 Å². The summed E-state index contributed by atoms with van der Waals surface area (Å²) in [5.41, 5.74) is 0.461. The van der Waals surface area contributed by atoms with E-state index < -0.39 is 0 Å². The molecule has 0 amide bonds. The molecule has 6 heteroatoms. The molecule has 2 aliphatic rings. The molecule has 0 spiro atoms. The highest BCUT2D eigenvalue weighted by Gasteiger charge is 2.46. The van der Waals surface area contributed by atoms with Gasteiger partial charge in [-0.3, -0.25) is 0 Å². The highest BCUT2D eigenvalue weighted by molar-refractivity contribution is 6.42. The van der Waals surface area contributed by atoms with Gasteiger partial charge in [-0.2, -0.15) is 0 Å². The Morgan fingerprint density at radius 2 is 1.96 bits per heavy atom. The molecule has 4 nitrogen and oxygen atoms in total. The van der Waals surface area contributed by atoms with Crippen LogP contribution in [-0.4, -0.2) is 62.1 Å². The monoisotopic (exact) mass is 370 g/mol. The number of likely N-dealkylation sites (tertiary alicyclic amines) is 1. The third-order valence-electron chi connectivity index (χ3n) is 5.34. The lowest BCUT2D eigenvalue weighted by molar-refractivity contribution is -0.0873. The van der Waals surface area contributed by atoms with Gasteiger partial charge in [0.15, 0.2) is 0 Å². The number of fused-ring (bicyclic) bond motifs is 2. The van der Waals surface area contributed by atoms with Gasteiger partial charge in [0, 0.05) is 31.0 Å². The van der Waals surface area contributed by atoms with E-state index in [2.05, 4.69) is 30.9 Å². The van der Waals surface area contributed by atoms with Crippen molar-refractivity contribution in [1.82, 2.24) is 9.80 Å². The Morgan fingerprint density at radius 3 is 2.62 bits per heavy atom. The van der Waals surface area contributed by atoms with E-state index >= 15 is 0 Å². The van der Waals surface area contributed by atoms with Crippen LogP contribution < -0.4 is 0 Å². The molecule has 2 fully saturated rings. The highest BCUT2D eigenvalue weighted by atomic mass is 35.5. The van der Waals surface area contributed by atoms with E-state index in [4.69, 9.17) is 27.9 Å². The summed E-state index contributed by atoms with van der Waals surface area (Å²) in [6, 6.07) is 5.33. The van der Waals surface area contributed by atoms with E-state index in [1.54, 1.807) is 18.2 Å². The second-order valence-electron chi connectivity index (χ2n) is 7.25. The van der Waals surface area contributed by atoms with E-state index in [1.165, 1.54) is 0 Å². The smallest absolute Gasteiger partial charge is 0.338 e.